The van der Waals surface area contributed by atoms with Crippen LogP contribution in [0, 0.1) is 5.92 Å². The molecular formula is C19H31IN4O2. The van der Waals surface area contributed by atoms with Crippen LogP contribution < -0.4 is 20.1 Å². The molecule has 2 aliphatic rings. The van der Waals surface area contributed by atoms with E-state index < -0.39 is 0 Å². The van der Waals surface area contributed by atoms with Gasteiger partial charge in [0.05, 0.1) is 0 Å². The molecule has 1 atom stereocenters. The molecule has 2 N–H and O–H groups in total. The van der Waals surface area contributed by atoms with Crippen molar-refractivity contribution in [1.82, 2.24) is 15.5 Å². The monoisotopic (exact) mass is 474 g/mol. The molecule has 0 radical (unpaired) electrons. The van der Waals surface area contributed by atoms with E-state index in [9.17, 15) is 0 Å². The molecule has 26 heavy (non-hydrogen) atoms. The van der Waals surface area contributed by atoms with Crippen LogP contribution in [0.2, 0.25) is 0 Å². The first-order chi connectivity index (χ1) is 12.2. The van der Waals surface area contributed by atoms with Crippen LogP contribution in [0.15, 0.2) is 23.2 Å². The number of nitrogens with zero attached hydrogens (tertiary/aromatic N) is 2. The van der Waals surface area contributed by atoms with Gasteiger partial charge in [-0.15, -0.1) is 24.0 Å². The Morgan fingerprint density at radius 3 is 2.58 bits per heavy atom. The van der Waals surface area contributed by atoms with Crippen LogP contribution in [-0.2, 0) is 6.54 Å². The van der Waals surface area contributed by atoms with Gasteiger partial charge in [-0.3, -0.25) is 9.89 Å². The maximum atomic E-state index is 5.43. The summed E-state index contributed by atoms with van der Waals surface area (Å²) in [6.45, 7) is 8.95. The second kappa shape index (κ2) is 10.2. The number of hydrogen-bond acceptors (Lipinski definition) is 4. The van der Waals surface area contributed by atoms with Crippen molar-refractivity contribution in [2.24, 2.45) is 10.9 Å². The van der Waals surface area contributed by atoms with Gasteiger partial charge in [-0.25, -0.2) is 0 Å². The molecule has 1 unspecified atom stereocenters. The van der Waals surface area contributed by atoms with Crippen molar-refractivity contribution in [3.8, 4) is 11.5 Å². The van der Waals surface area contributed by atoms with E-state index in [1.54, 1.807) is 0 Å². The van der Waals surface area contributed by atoms with Crippen LogP contribution in [0.1, 0.15) is 32.3 Å². The highest BCUT2D eigenvalue weighted by atomic mass is 127. The molecule has 0 aliphatic carbocycles. The summed E-state index contributed by atoms with van der Waals surface area (Å²) in [4.78, 5) is 6.95. The summed E-state index contributed by atoms with van der Waals surface area (Å²) in [6, 6.07) is 6.57. The van der Waals surface area contributed by atoms with Gasteiger partial charge in [0.25, 0.3) is 0 Å². The van der Waals surface area contributed by atoms with Crippen molar-refractivity contribution in [3.63, 3.8) is 0 Å². The molecule has 0 aromatic heterocycles. The smallest absolute Gasteiger partial charge is 0.231 e. The molecule has 2 aliphatic heterocycles. The standard InChI is InChI=1S/C19H30N4O2.HI/c1-14(2)16(23-8-4-5-9-23)12-22-19(20-3)21-11-15-6-7-17-18(10-15)25-13-24-17;/h6-7,10,14,16H,4-5,8-9,11-13H2,1-3H3,(H2,20,21,22);1H. The summed E-state index contributed by atoms with van der Waals surface area (Å²) < 4.78 is 10.8. The molecule has 146 valence electrons. The lowest BCUT2D eigenvalue weighted by Gasteiger charge is -2.31. The minimum Gasteiger partial charge on any atom is -0.454 e. The molecule has 0 amide bonds. The first-order valence-corrected chi connectivity index (χ1v) is 9.24. The maximum absolute atomic E-state index is 5.43. The Kier molecular flexibility index (Phi) is 8.27. The Bertz CT molecular complexity index is 603. The lowest BCUT2D eigenvalue weighted by Crippen LogP contribution is -2.48. The highest BCUT2D eigenvalue weighted by molar-refractivity contribution is 14.0. The normalized spacial score (nSPS) is 17.9. The van der Waals surface area contributed by atoms with Crippen molar-refractivity contribution in [3.05, 3.63) is 23.8 Å². The molecule has 0 spiro atoms. The van der Waals surface area contributed by atoms with E-state index in [-0.39, 0.29) is 24.0 Å². The van der Waals surface area contributed by atoms with Gasteiger partial charge in [-0.05, 0) is 49.5 Å². The van der Waals surface area contributed by atoms with Crippen LogP contribution in [0.4, 0.5) is 0 Å². The Hall–Kier alpha value is -1.22. The van der Waals surface area contributed by atoms with Crippen molar-refractivity contribution in [2.75, 3.05) is 33.5 Å². The number of fused-ring (bicyclic) bond motifs is 1. The fourth-order valence-electron chi connectivity index (χ4n) is 3.52. The molecule has 1 aromatic carbocycles. The molecule has 0 saturated carbocycles. The number of likely N-dealkylation sites (tertiary alicyclic amines) is 1. The predicted molar refractivity (Wildman–Crippen MR) is 116 cm³/mol. The van der Waals surface area contributed by atoms with Crippen LogP contribution in [0.5, 0.6) is 11.5 Å². The SMILES string of the molecule is CN=C(NCc1ccc2c(c1)OCO2)NCC(C(C)C)N1CCCC1.I. The van der Waals surface area contributed by atoms with E-state index in [4.69, 9.17) is 9.47 Å². The third kappa shape index (κ3) is 5.39. The zero-order valence-electron chi connectivity index (χ0n) is 16.0. The Labute approximate surface area is 173 Å². The van der Waals surface area contributed by atoms with Crippen LogP contribution in [-0.4, -0.2) is 50.4 Å². The summed E-state index contributed by atoms with van der Waals surface area (Å²) in [7, 11) is 1.81. The first kappa shape index (κ1) is 21.1. The lowest BCUT2D eigenvalue weighted by molar-refractivity contribution is 0.174. The second-order valence-corrected chi connectivity index (χ2v) is 7.05. The van der Waals surface area contributed by atoms with Crippen molar-refractivity contribution < 1.29 is 9.47 Å². The van der Waals surface area contributed by atoms with E-state index in [1.807, 2.05) is 19.2 Å². The molecule has 1 saturated heterocycles. The number of rotatable bonds is 6. The van der Waals surface area contributed by atoms with E-state index in [2.05, 4.69) is 40.4 Å². The van der Waals surface area contributed by atoms with Gasteiger partial charge in [-0.1, -0.05) is 19.9 Å². The Morgan fingerprint density at radius 1 is 1.15 bits per heavy atom. The number of hydrogen-bond donors (Lipinski definition) is 2. The number of aliphatic imine (C=N–C) groups is 1. The second-order valence-electron chi connectivity index (χ2n) is 7.05. The van der Waals surface area contributed by atoms with E-state index in [1.165, 1.54) is 25.9 Å². The number of nitrogens with one attached hydrogen (secondary N) is 2. The Balaban J connectivity index is 0.00000243. The molecule has 6 nitrogen and oxygen atoms in total. The number of guanidine groups is 1. The molecule has 3 rings (SSSR count). The number of benzene rings is 1. The van der Waals surface area contributed by atoms with Crippen molar-refractivity contribution >= 4 is 29.9 Å². The number of ether oxygens (including phenoxy) is 2. The molecule has 1 fully saturated rings. The summed E-state index contributed by atoms with van der Waals surface area (Å²) in [5, 5.41) is 6.88. The Morgan fingerprint density at radius 2 is 1.88 bits per heavy atom. The zero-order valence-corrected chi connectivity index (χ0v) is 18.3. The van der Waals surface area contributed by atoms with E-state index in [0.717, 1.165) is 29.6 Å². The van der Waals surface area contributed by atoms with E-state index >= 15 is 0 Å². The first-order valence-electron chi connectivity index (χ1n) is 9.24. The van der Waals surface area contributed by atoms with Crippen molar-refractivity contribution in [2.45, 2.75) is 39.3 Å². The molecular weight excluding hydrogens is 443 g/mol. The lowest BCUT2D eigenvalue weighted by atomic mass is 10.0. The topological polar surface area (TPSA) is 58.1 Å². The summed E-state index contributed by atoms with van der Waals surface area (Å²) in [5.74, 6) is 3.09. The van der Waals surface area contributed by atoms with Crippen LogP contribution >= 0.6 is 24.0 Å². The summed E-state index contributed by atoms with van der Waals surface area (Å²) in [6.07, 6.45) is 2.64. The largest absolute Gasteiger partial charge is 0.454 e. The molecule has 2 heterocycles. The average Bonchev–Trinajstić information content (AvgIpc) is 3.28. The van der Waals surface area contributed by atoms with Gasteiger partial charge in [0.15, 0.2) is 17.5 Å². The summed E-state index contributed by atoms with van der Waals surface area (Å²) in [5.41, 5.74) is 1.15. The fourth-order valence-corrected chi connectivity index (χ4v) is 3.52. The quantitative estimate of drug-likeness (QED) is 0.378. The van der Waals surface area contributed by atoms with Gasteiger partial charge < -0.3 is 20.1 Å². The number of halogens is 1. The summed E-state index contributed by atoms with van der Waals surface area (Å²) >= 11 is 0. The third-order valence-corrected chi connectivity index (χ3v) is 4.98. The van der Waals surface area contributed by atoms with Gasteiger partial charge in [0.2, 0.25) is 6.79 Å². The fraction of sp³-hybridized carbons (Fsp3) is 0.632. The highest BCUT2D eigenvalue weighted by Crippen LogP contribution is 2.32. The average molecular weight is 474 g/mol. The van der Waals surface area contributed by atoms with Gasteiger partial charge in [0, 0.05) is 26.2 Å². The van der Waals surface area contributed by atoms with Gasteiger partial charge in [0.1, 0.15) is 0 Å². The molecule has 7 heteroatoms. The molecule has 0 bridgehead atoms. The van der Waals surface area contributed by atoms with Crippen molar-refractivity contribution in [1.29, 1.82) is 0 Å². The van der Waals surface area contributed by atoms with Gasteiger partial charge in [-0.2, -0.15) is 0 Å². The van der Waals surface area contributed by atoms with Gasteiger partial charge >= 0.3 is 0 Å². The van der Waals surface area contributed by atoms with Crippen LogP contribution in [0.25, 0.3) is 0 Å². The van der Waals surface area contributed by atoms with Crippen LogP contribution in [0.3, 0.4) is 0 Å². The minimum absolute atomic E-state index is 0. The minimum atomic E-state index is 0. The molecule has 1 aromatic rings. The zero-order chi connectivity index (χ0) is 17.6. The third-order valence-electron chi connectivity index (χ3n) is 4.98. The predicted octanol–water partition coefficient (Wildman–Crippen LogP) is 2.82. The maximum Gasteiger partial charge on any atom is 0.231 e. The van der Waals surface area contributed by atoms with E-state index in [0.29, 0.717) is 25.3 Å². The highest BCUT2D eigenvalue weighted by Gasteiger charge is 2.24.